The lowest BCUT2D eigenvalue weighted by Crippen LogP contribution is -2.30. The summed E-state index contributed by atoms with van der Waals surface area (Å²) in [6.07, 6.45) is 6.39. The fourth-order valence-electron chi connectivity index (χ4n) is 2.94. The monoisotopic (exact) mass is 227 g/mol. The van der Waals surface area contributed by atoms with Crippen LogP contribution in [0.3, 0.4) is 0 Å². The van der Waals surface area contributed by atoms with Crippen LogP contribution in [0, 0.1) is 17.8 Å². The van der Waals surface area contributed by atoms with Gasteiger partial charge in [-0.25, -0.2) is 0 Å². The van der Waals surface area contributed by atoms with E-state index in [2.05, 4.69) is 19.2 Å². The first-order chi connectivity index (χ1) is 7.58. The summed E-state index contributed by atoms with van der Waals surface area (Å²) in [5, 5.41) is 12.8. The average Bonchev–Trinajstić information content (AvgIpc) is 2.16. The molecule has 0 aliphatic heterocycles. The minimum atomic E-state index is -0.161. The Kier molecular flexibility index (Phi) is 6.37. The van der Waals surface area contributed by atoms with Crippen LogP contribution in [0.1, 0.15) is 52.9 Å². The third kappa shape index (κ3) is 5.86. The molecular formula is C14H29NO. The second-order valence-corrected chi connectivity index (χ2v) is 5.99. The first-order valence-corrected chi connectivity index (χ1v) is 6.96. The first-order valence-electron chi connectivity index (χ1n) is 6.96. The number of hydrogen-bond acceptors (Lipinski definition) is 2. The second kappa shape index (κ2) is 7.29. The lowest BCUT2D eigenvalue weighted by atomic mass is 9.82. The predicted octanol–water partition coefficient (Wildman–Crippen LogP) is 2.81. The molecule has 96 valence electrons. The SMILES string of the molecule is C[C@H](CNC[C@H]1CCC[C@H](C)C1)C[C@H](C)O. The molecule has 4 atom stereocenters. The van der Waals surface area contributed by atoms with E-state index in [4.69, 9.17) is 0 Å². The summed E-state index contributed by atoms with van der Waals surface area (Å²) < 4.78 is 0. The van der Waals surface area contributed by atoms with Crippen LogP contribution in [0.2, 0.25) is 0 Å². The standard InChI is InChI=1S/C14H29NO/c1-11-5-4-6-14(8-11)10-15-9-12(2)7-13(3)16/h11-16H,4-10H2,1-3H3/t11-,12-,13-,14-/m0/s1. The quantitative estimate of drug-likeness (QED) is 0.731. The Balaban J connectivity index is 2.05. The zero-order chi connectivity index (χ0) is 12.0. The number of aliphatic hydroxyl groups excluding tert-OH is 1. The van der Waals surface area contributed by atoms with Gasteiger partial charge in [0.05, 0.1) is 6.10 Å². The maximum Gasteiger partial charge on any atom is 0.0515 e. The average molecular weight is 227 g/mol. The van der Waals surface area contributed by atoms with E-state index >= 15 is 0 Å². The lowest BCUT2D eigenvalue weighted by Gasteiger charge is -2.27. The van der Waals surface area contributed by atoms with E-state index in [9.17, 15) is 5.11 Å². The third-order valence-electron chi connectivity index (χ3n) is 3.71. The van der Waals surface area contributed by atoms with Gasteiger partial charge in [0, 0.05) is 0 Å². The first kappa shape index (κ1) is 14.0. The molecular weight excluding hydrogens is 198 g/mol. The summed E-state index contributed by atoms with van der Waals surface area (Å²) in [6, 6.07) is 0. The number of nitrogens with one attached hydrogen (secondary N) is 1. The van der Waals surface area contributed by atoms with Crippen LogP contribution < -0.4 is 5.32 Å². The molecule has 0 radical (unpaired) electrons. The molecule has 1 fully saturated rings. The van der Waals surface area contributed by atoms with E-state index in [1.807, 2.05) is 6.92 Å². The van der Waals surface area contributed by atoms with Crippen LogP contribution in [0.5, 0.6) is 0 Å². The maximum atomic E-state index is 9.28. The van der Waals surface area contributed by atoms with Crippen LogP contribution in [-0.2, 0) is 0 Å². The molecule has 0 saturated heterocycles. The number of hydrogen-bond donors (Lipinski definition) is 2. The summed E-state index contributed by atoms with van der Waals surface area (Å²) in [5.41, 5.74) is 0. The van der Waals surface area contributed by atoms with Crippen molar-refractivity contribution < 1.29 is 5.11 Å². The maximum absolute atomic E-state index is 9.28. The van der Waals surface area contributed by atoms with Crippen molar-refractivity contribution in [2.45, 2.75) is 59.0 Å². The predicted molar refractivity (Wildman–Crippen MR) is 69.5 cm³/mol. The molecule has 0 bridgehead atoms. The molecule has 2 N–H and O–H groups in total. The summed E-state index contributed by atoms with van der Waals surface area (Å²) in [5.74, 6) is 2.40. The molecule has 0 heterocycles. The van der Waals surface area contributed by atoms with Crippen molar-refractivity contribution >= 4 is 0 Å². The van der Waals surface area contributed by atoms with Crippen molar-refractivity contribution in [2.75, 3.05) is 13.1 Å². The topological polar surface area (TPSA) is 32.3 Å². The van der Waals surface area contributed by atoms with E-state index < -0.39 is 0 Å². The van der Waals surface area contributed by atoms with Crippen molar-refractivity contribution in [3.8, 4) is 0 Å². The molecule has 2 heteroatoms. The molecule has 0 aromatic carbocycles. The van der Waals surface area contributed by atoms with Gasteiger partial charge < -0.3 is 10.4 Å². The molecule has 0 spiro atoms. The highest BCUT2D eigenvalue weighted by Gasteiger charge is 2.18. The Morgan fingerprint density at radius 2 is 2.06 bits per heavy atom. The van der Waals surface area contributed by atoms with Gasteiger partial charge in [-0.3, -0.25) is 0 Å². The van der Waals surface area contributed by atoms with Gasteiger partial charge in [-0.1, -0.05) is 26.7 Å². The van der Waals surface area contributed by atoms with Gasteiger partial charge in [0.25, 0.3) is 0 Å². The zero-order valence-electron chi connectivity index (χ0n) is 11.2. The van der Waals surface area contributed by atoms with Crippen molar-refractivity contribution in [1.29, 1.82) is 0 Å². The molecule has 1 rings (SSSR count). The zero-order valence-corrected chi connectivity index (χ0v) is 11.2. The van der Waals surface area contributed by atoms with Crippen molar-refractivity contribution in [2.24, 2.45) is 17.8 Å². The van der Waals surface area contributed by atoms with Crippen molar-refractivity contribution in [1.82, 2.24) is 5.32 Å². The van der Waals surface area contributed by atoms with Crippen molar-refractivity contribution in [3.63, 3.8) is 0 Å². The Bertz CT molecular complexity index is 182. The van der Waals surface area contributed by atoms with Crippen LogP contribution in [0.4, 0.5) is 0 Å². The lowest BCUT2D eigenvalue weighted by molar-refractivity contribution is 0.162. The minimum Gasteiger partial charge on any atom is -0.393 e. The summed E-state index contributed by atoms with van der Waals surface area (Å²) in [4.78, 5) is 0. The van der Waals surface area contributed by atoms with Gasteiger partial charge in [0.2, 0.25) is 0 Å². The Morgan fingerprint density at radius 1 is 1.31 bits per heavy atom. The molecule has 1 aliphatic carbocycles. The molecule has 16 heavy (non-hydrogen) atoms. The van der Waals surface area contributed by atoms with Gasteiger partial charge in [0.15, 0.2) is 0 Å². The van der Waals surface area contributed by atoms with Crippen LogP contribution in [-0.4, -0.2) is 24.3 Å². The fraction of sp³-hybridized carbons (Fsp3) is 1.00. The molecule has 1 saturated carbocycles. The second-order valence-electron chi connectivity index (χ2n) is 5.99. The normalized spacial score (nSPS) is 30.0. The van der Waals surface area contributed by atoms with Crippen LogP contribution in [0.25, 0.3) is 0 Å². The molecule has 0 unspecified atom stereocenters. The van der Waals surface area contributed by atoms with E-state index in [0.29, 0.717) is 5.92 Å². The van der Waals surface area contributed by atoms with E-state index in [1.165, 1.54) is 32.2 Å². The van der Waals surface area contributed by atoms with Gasteiger partial charge in [-0.2, -0.15) is 0 Å². The van der Waals surface area contributed by atoms with Crippen LogP contribution >= 0.6 is 0 Å². The van der Waals surface area contributed by atoms with Gasteiger partial charge in [-0.15, -0.1) is 0 Å². The summed E-state index contributed by atoms with van der Waals surface area (Å²) in [7, 11) is 0. The smallest absolute Gasteiger partial charge is 0.0515 e. The van der Waals surface area contributed by atoms with Crippen molar-refractivity contribution in [3.05, 3.63) is 0 Å². The van der Waals surface area contributed by atoms with E-state index in [0.717, 1.165) is 24.8 Å². The summed E-state index contributed by atoms with van der Waals surface area (Å²) in [6.45, 7) is 8.69. The Hall–Kier alpha value is -0.0800. The minimum absolute atomic E-state index is 0.161. The largest absolute Gasteiger partial charge is 0.393 e. The summed E-state index contributed by atoms with van der Waals surface area (Å²) >= 11 is 0. The third-order valence-corrected chi connectivity index (χ3v) is 3.71. The molecule has 0 aromatic rings. The van der Waals surface area contributed by atoms with Gasteiger partial charge >= 0.3 is 0 Å². The highest BCUT2D eigenvalue weighted by molar-refractivity contribution is 4.72. The van der Waals surface area contributed by atoms with E-state index in [-0.39, 0.29) is 6.10 Å². The number of rotatable bonds is 6. The Morgan fingerprint density at radius 3 is 2.69 bits per heavy atom. The molecule has 1 aliphatic rings. The Labute approximate surface area is 101 Å². The molecule has 0 amide bonds. The highest BCUT2D eigenvalue weighted by Crippen LogP contribution is 2.27. The molecule has 2 nitrogen and oxygen atoms in total. The number of aliphatic hydroxyl groups is 1. The van der Waals surface area contributed by atoms with Gasteiger partial charge in [-0.05, 0) is 57.0 Å². The van der Waals surface area contributed by atoms with Gasteiger partial charge in [0.1, 0.15) is 0 Å². The van der Waals surface area contributed by atoms with E-state index in [1.54, 1.807) is 0 Å². The fourth-order valence-corrected chi connectivity index (χ4v) is 2.94. The van der Waals surface area contributed by atoms with Crippen LogP contribution in [0.15, 0.2) is 0 Å². The highest BCUT2D eigenvalue weighted by atomic mass is 16.3. The molecule has 0 aromatic heterocycles.